The van der Waals surface area contributed by atoms with Crippen LogP contribution in [0.3, 0.4) is 0 Å². The summed E-state index contributed by atoms with van der Waals surface area (Å²) in [4.78, 5) is 11.5. The Morgan fingerprint density at radius 2 is 2.00 bits per heavy atom. The highest BCUT2D eigenvalue weighted by Gasteiger charge is 2.22. The normalized spacial score (nSPS) is 13.8. The van der Waals surface area contributed by atoms with Gasteiger partial charge in [0.05, 0.1) is 24.6 Å². The number of nitrogens with two attached hydrogens (primary N) is 1. The van der Waals surface area contributed by atoms with Crippen LogP contribution in [0.4, 0.5) is 0 Å². The number of hydrogen-bond donors (Lipinski definition) is 1. The van der Waals surface area contributed by atoms with E-state index in [1.807, 2.05) is 19.1 Å². The van der Waals surface area contributed by atoms with E-state index in [-0.39, 0.29) is 5.75 Å². The van der Waals surface area contributed by atoms with Crippen LogP contribution in [0.5, 0.6) is 0 Å². The Labute approximate surface area is 155 Å². The van der Waals surface area contributed by atoms with Gasteiger partial charge in [0.2, 0.25) is 0 Å². The third kappa shape index (κ3) is 4.92. The molecule has 0 spiro atoms. The van der Waals surface area contributed by atoms with Crippen molar-refractivity contribution in [1.29, 1.82) is 0 Å². The van der Waals surface area contributed by atoms with E-state index in [1.54, 1.807) is 0 Å². The standard InChI is InChI=1S/C17H27N3O4SSi/c1-12-8-13(10-15(18)17(21)24-2)9-14-11-20(19-16(12)14)25(22,23)6-7-26(3,4)5/h8-9,11,15H,6-7,10,18H2,1-5H3/t15-/m1/s1. The van der Waals surface area contributed by atoms with Crippen molar-refractivity contribution < 1.29 is 17.9 Å². The first-order chi connectivity index (χ1) is 11.9. The van der Waals surface area contributed by atoms with Gasteiger partial charge in [0.15, 0.2) is 0 Å². The number of hydrogen-bond acceptors (Lipinski definition) is 6. The topological polar surface area (TPSA) is 104 Å². The molecule has 0 aliphatic heterocycles. The summed E-state index contributed by atoms with van der Waals surface area (Å²) in [6.45, 7) is 8.29. The number of methoxy groups -OCH3 is 1. The molecule has 2 aromatic rings. The SMILES string of the molecule is COC(=O)[C@H](N)Cc1cc(C)c2nn(S(=O)(=O)CC[Si](C)(C)C)cc2c1. The molecule has 0 fully saturated rings. The molecule has 1 heterocycles. The van der Waals surface area contributed by atoms with Gasteiger partial charge < -0.3 is 10.5 Å². The van der Waals surface area contributed by atoms with Gasteiger partial charge in [0.1, 0.15) is 6.04 Å². The minimum atomic E-state index is -3.48. The van der Waals surface area contributed by atoms with Gasteiger partial charge >= 0.3 is 5.97 Å². The van der Waals surface area contributed by atoms with E-state index in [4.69, 9.17) is 5.73 Å². The number of carbonyl (C=O) groups is 1. The maximum Gasteiger partial charge on any atom is 0.322 e. The molecule has 1 aromatic heterocycles. The van der Waals surface area contributed by atoms with Gasteiger partial charge in [0.25, 0.3) is 10.0 Å². The summed E-state index contributed by atoms with van der Waals surface area (Å²) in [7, 11) is -3.66. The molecule has 1 aromatic carbocycles. The minimum absolute atomic E-state index is 0.0931. The Balaban J connectivity index is 2.33. The van der Waals surface area contributed by atoms with Gasteiger partial charge in [-0.2, -0.15) is 9.19 Å². The Bertz CT molecular complexity index is 916. The number of nitrogens with zero attached hydrogens (tertiary/aromatic N) is 2. The van der Waals surface area contributed by atoms with Gasteiger partial charge in [-0.25, -0.2) is 8.42 Å². The number of fused-ring (bicyclic) bond motifs is 1. The monoisotopic (exact) mass is 397 g/mol. The van der Waals surface area contributed by atoms with Crippen molar-refractivity contribution in [1.82, 2.24) is 9.19 Å². The third-order valence-electron chi connectivity index (χ3n) is 4.19. The summed E-state index contributed by atoms with van der Waals surface area (Å²) >= 11 is 0. The zero-order valence-electron chi connectivity index (χ0n) is 15.9. The molecular weight excluding hydrogens is 370 g/mol. The van der Waals surface area contributed by atoms with E-state index in [1.165, 1.54) is 13.3 Å². The van der Waals surface area contributed by atoms with E-state index >= 15 is 0 Å². The Kier molecular flexibility index (Phi) is 5.94. The Hall–Kier alpha value is -1.71. The Morgan fingerprint density at radius 1 is 1.35 bits per heavy atom. The van der Waals surface area contributed by atoms with E-state index in [9.17, 15) is 13.2 Å². The molecule has 0 saturated heterocycles. The number of ether oxygens (including phenoxy) is 1. The lowest BCUT2D eigenvalue weighted by Crippen LogP contribution is -2.33. The van der Waals surface area contributed by atoms with Crippen molar-refractivity contribution in [3.63, 3.8) is 0 Å². The van der Waals surface area contributed by atoms with Crippen molar-refractivity contribution in [2.24, 2.45) is 5.73 Å². The second-order valence-corrected chi connectivity index (χ2v) is 15.4. The van der Waals surface area contributed by atoms with Gasteiger partial charge in [-0.15, -0.1) is 0 Å². The van der Waals surface area contributed by atoms with Gasteiger partial charge in [-0.1, -0.05) is 25.7 Å². The number of rotatable bonds is 7. The lowest BCUT2D eigenvalue weighted by molar-refractivity contribution is -0.142. The summed E-state index contributed by atoms with van der Waals surface area (Å²) < 4.78 is 30.9. The van der Waals surface area contributed by atoms with Crippen LogP contribution in [0.15, 0.2) is 18.3 Å². The predicted octanol–water partition coefficient (Wildman–Crippen LogP) is 1.90. The van der Waals surface area contributed by atoms with Crippen molar-refractivity contribution in [2.45, 2.75) is 45.1 Å². The van der Waals surface area contributed by atoms with Crippen LogP contribution < -0.4 is 5.73 Å². The smallest absolute Gasteiger partial charge is 0.322 e. The first kappa shape index (κ1) is 20.6. The maximum absolute atomic E-state index is 12.6. The first-order valence-electron chi connectivity index (χ1n) is 8.48. The van der Waals surface area contributed by atoms with Crippen LogP contribution in [-0.4, -0.2) is 50.6 Å². The average Bonchev–Trinajstić information content (AvgIpc) is 2.97. The van der Waals surface area contributed by atoms with Crippen molar-refractivity contribution in [2.75, 3.05) is 12.9 Å². The number of aryl methyl sites for hydroxylation is 1. The zero-order chi connectivity index (χ0) is 19.7. The lowest BCUT2D eigenvalue weighted by atomic mass is 10.0. The number of aromatic nitrogens is 2. The van der Waals surface area contributed by atoms with Crippen LogP contribution in [-0.2, 0) is 26.0 Å². The Morgan fingerprint density at radius 3 is 2.58 bits per heavy atom. The fraction of sp³-hybridized carbons (Fsp3) is 0.529. The van der Waals surface area contributed by atoms with E-state index in [2.05, 4.69) is 29.5 Å². The quantitative estimate of drug-likeness (QED) is 0.565. The molecule has 0 aliphatic carbocycles. The van der Waals surface area contributed by atoms with Gasteiger partial charge in [0, 0.05) is 13.5 Å². The van der Waals surface area contributed by atoms with Crippen LogP contribution in [0.2, 0.25) is 25.7 Å². The summed E-state index contributed by atoms with van der Waals surface area (Å²) in [6.07, 6.45) is 1.85. The zero-order valence-corrected chi connectivity index (χ0v) is 17.8. The number of esters is 1. The highest BCUT2D eigenvalue weighted by molar-refractivity contribution is 7.89. The average molecular weight is 398 g/mol. The fourth-order valence-electron chi connectivity index (χ4n) is 2.64. The highest BCUT2D eigenvalue weighted by Crippen LogP contribution is 2.22. The first-order valence-corrected chi connectivity index (χ1v) is 13.8. The van der Waals surface area contributed by atoms with Crippen LogP contribution in [0.25, 0.3) is 10.9 Å². The maximum atomic E-state index is 12.6. The second kappa shape index (κ2) is 7.49. The van der Waals surface area contributed by atoms with Crippen LogP contribution in [0.1, 0.15) is 11.1 Å². The molecule has 0 radical (unpaired) electrons. The summed E-state index contributed by atoms with van der Waals surface area (Å²) in [5.41, 5.74) is 8.14. The van der Waals surface area contributed by atoms with Crippen molar-refractivity contribution >= 4 is 35.0 Å². The largest absolute Gasteiger partial charge is 0.468 e. The van der Waals surface area contributed by atoms with Crippen molar-refractivity contribution in [3.05, 3.63) is 29.5 Å². The van der Waals surface area contributed by atoms with Crippen molar-refractivity contribution in [3.8, 4) is 0 Å². The van der Waals surface area contributed by atoms with E-state index in [0.717, 1.165) is 15.2 Å². The fourth-order valence-corrected chi connectivity index (χ4v) is 6.79. The van der Waals surface area contributed by atoms with Gasteiger partial charge in [-0.05, 0) is 36.6 Å². The molecule has 2 rings (SSSR count). The van der Waals surface area contributed by atoms with Crippen LogP contribution >= 0.6 is 0 Å². The predicted molar refractivity (Wildman–Crippen MR) is 106 cm³/mol. The minimum Gasteiger partial charge on any atom is -0.468 e. The molecule has 144 valence electrons. The molecule has 26 heavy (non-hydrogen) atoms. The molecule has 0 unspecified atom stereocenters. The summed E-state index contributed by atoms with van der Waals surface area (Å²) in [5.74, 6) is -0.386. The molecule has 9 heteroatoms. The number of carbonyl (C=O) groups excluding carboxylic acids is 1. The second-order valence-electron chi connectivity index (χ2n) is 7.81. The lowest BCUT2D eigenvalue weighted by Gasteiger charge is -2.15. The van der Waals surface area contributed by atoms with Crippen LogP contribution in [0, 0.1) is 6.92 Å². The summed E-state index contributed by atoms with van der Waals surface area (Å²) in [5, 5.41) is 4.99. The van der Waals surface area contributed by atoms with E-state index < -0.39 is 30.1 Å². The molecular formula is C17H27N3O4SSi. The van der Waals surface area contributed by atoms with E-state index in [0.29, 0.717) is 23.4 Å². The number of benzene rings is 1. The molecule has 7 nitrogen and oxygen atoms in total. The highest BCUT2D eigenvalue weighted by atomic mass is 32.2. The molecule has 1 atom stereocenters. The molecule has 2 N–H and O–H groups in total. The summed E-state index contributed by atoms with van der Waals surface area (Å²) in [6, 6.07) is 3.62. The third-order valence-corrected chi connectivity index (χ3v) is 7.78. The molecule has 0 bridgehead atoms. The molecule has 0 amide bonds. The molecule has 0 saturated carbocycles. The van der Waals surface area contributed by atoms with Gasteiger partial charge in [-0.3, -0.25) is 4.79 Å². The molecule has 0 aliphatic rings.